The first-order valence-corrected chi connectivity index (χ1v) is 12.1. The van der Waals surface area contributed by atoms with E-state index in [9.17, 15) is 30.4 Å². The number of anilines is 1. The molecule has 1 aromatic heterocycles. The number of hydrogen-bond donors (Lipinski definition) is 0. The molecule has 1 aliphatic heterocycles. The van der Waals surface area contributed by atoms with Crippen LogP contribution in [-0.2, 0) is 9.84 Å². The number of nitrogens with zero attached hydrogens (tertiary/aromatic N) is 2. The van der Waals surface area contributed by atoms with Crippen molar-refractivity contribution in [2.45, 2.75) is 23.0 Å². The van der Waals surface area contributed by atoms with Gasteiger partial charge >= 0.3 is 0 Å². The maximum absolute atomic E-state index is 14.1. The Hall–Kier alpha value is -2.24. The summed E-state index contributed by atoms with van der Waals surface area (Å²) in [6.07, 6.45) is -0.116. The lowest BCUT2D eigenvalue weighted by atomic mass is 10.1. The lowest BCUT2D eigenvalue weighted by molar-refractivity contribution is 0.356. The summed E-state index contributed by atoms with van der Waals surface area (Å²) in [5, 5.41) is 1.75. The molecule has 12 heteroatoms. The lowest BCUT2D eigenvalue weighted by Crippen LogP contribution is -2.40. The molecule has 170 valence electrons. The van der Waals surface area contributed by atoms with Crippen LogP contribution < -0.4 is 4.90 Å². The van der Waals surface area contributed by atoms with E-state index in [2.05, 4.69) is 4.98 Å². The molecule has 0 N–H and O–H groups in total. The first-order chi connectivity index (χ1) is 15.1. The average molecular weight is 509 g/mol. The molecule has 0 atom stereocenters. The summed E-state index contributed by atoms with van der Waals surface area (Å²) in [7, 11) is -4.79. The number of hydrogen-bond acceptors (Lipinski definition) is 5. The van der Waals surface area contributed by atoms with Crippen molar-refractivity contribution < 1.29 is 30.4 Å². The molecule has 0 saturated carbocycles. The number of sulfone groups is 1. The van der Waals surface area contributed by atoms with Gasteiger partial charge in [0.2, 0.25) is 5.82 Å². The lowest BCUT2D eigenvalue weighted by Gasteiger charge is -2.31. The van der Waals surface area contributed by atoms with Crippen molar-refractivity contribution in [3.05, 3.63) is 63.8 Å². The smallest absolute Gasteiger partial charge is 0.200 e. The molecule has 4 rings (SSSR count). The number of halogens is 6. The van der Waals surface area contributed by atoms with E-state index in [1.54, 1.807) is 12.1 Å². The fourth-order valence-corrected chi connectivity index (χ4v) is 6.38. The number of rotatable bonds is 4. The number of piperidine rings is 1. The minimum absolute atomic E-state index is 0.0579. The number of thiazole rings is 1. The normalized spacial score (nSPS) is 15.4. The second-order valence-corrected chi connectivity index (χ2v) is 10.6. The second kappa shape index (κ2) is 8.60. The van der Waals surface area contributed by atoms with Gasteiger partial charge in [0.25, 0.3) is 0 Å². The fraction of sp³-hybridized carbons (Fsp3) is 0.250. The van der Waals surface area contributed by atoms with Crippen molar-refractivity contribution in [1.29, 1.82) is 0 Å². The molecule has 1 aliphatic rings. The highest BCUT2D eigenvalue weighted by molar-refractivity contribution is 7.92. The van der Waals surface area contributed by atoms with E-state index >= 15 is 0 Å². The molecule has 1 saturated heterocycles. The molecule has 0 radical (unpaired) electrons. The van der Waals surface area contributed by atoms with Gasteiger partial charge in [-0.05, 0) is 25.0 Å². The zero-order valence-corrected chi connectivity index (χ0v) is 18.5. The monoisotopic (exact) mass is 508 g/mol. The molecule has 0 bridgehead atoms. The van der Waals surface area contributed by atoms with Crippen molar-refractivity contribution in [2.24, 2.45) is 0 Å². The zero-order chi connectivity index (χ0) is 23.2. The van der Waals surface area contributed by atoms with Gasteiger partial charge in [-0.1, -0.05) is 23.7 Å². The highest BCUT2D eigenvalue weighted by atomic mass is 35.5. The van der Waals surface area contributed by atoms with Crippen LogP contribution in [0.2, 0.25) is 5.02 Å². The van der Waals surface area contributed by atoms with Gasteiger partial charge in [0.05, 0.1) is 10.9 Å². The van der Waals surface area contributed by atoms with Crippen molar-refractivity contribution in [1.82, 2.24) is 4.98 Å². The molecule has 4 nitrogen and oxygen atoms in total. The molecule has 2 aromatic carbocycles. The summed E-state index contributed by atoms with van der Waals surface area (Å²) in [5.41, 5.74) is 1.55. The summed E-state index contributed by atoms with van der Waals surface area (Å²) in [5.74, 6) is -11.6. The summed E-state index contributed by atoms with van der Waals surface area (Å²) in [6.45, 7) is 0.375. The minimum atomic E-state index is -4.79. The Balaban J connectivity index is 1.53. The Morgan fingerprint density at radius 1 is 0.906 bits per heavy atom. The Kier molecular flexibility index (Phi) is 6.17. The van der Waals surface area contributed by atoms with E-state index in [0.717, 1.165) is 5.56 Å². The van der Waals surface area contributed by atoms with Gasteiger partial charge in [0, 0.05) is 29.1 Å². The van der Waals surface area contributed by atoms with E-state index in [1.807, 2.05) is 22.4 Å². The highest BCUT2D eigenvalue weighted by Crippen LogP contribution is 2.34. The predicted octanol–water partition coefficient (Wildman–Crippen LogP) is 5.60. The fourth-order valence-electron chi connectivity index (χ4n) is 3.52. The molecule has 2 heterocycles. The van der Waals surface area contributed by atoms with Crippen LogP contribution in [0.5, 0.6) is 0 Å². The summed E-state index contributed by atoms with van der Waals surface area (Å²) >= 11 is 7.23. The second-order valence-electron chi connectivity index (χ2n) is 7.15. The van der Waals surface area contributed by atoms with Crippen LogP contribution in [0.3, 0.4) is 0 Å². The van der Waals surface area contributed by atoms with Gasteiger partial charge in [-0.15, -0.1) is 11.3 Å². The minimum Gasteiger partial charge on any atom is -0.348 e. The van der Waals surface area contributed by atoms with Crippen LogP contribution >= 0.6 is 22.9 Å². The zero-order valence-electron chi connectivity index (χ0n) is 16.1. The topological polar surface area (TPSA) is 50.3 Å². The van der Waals surface area contributed by atoms with E-state index in [-0.39, 0.29) is 25.9 Å². The van der Waals surface area contributed by atoms with Gasteiger partial charge in [-0.3, -0.25) is 0 Å². The molecular weight excluding hydrogens is 495 g/mol. The van der Waals surface area contributed by atoms with Crippen molar-refractivity contribution in [2.75, 3.05) is 18.0 Å². The Labute approximate surface area is 189 Å². The third-order valence-electron chi connectivity index (χ3n) is 5.24. The summed E-state index contributed by atoms with van der Waals surface area (Å²) in [4.78, 5) is 4.57. The van der Waals surface area contributed by atoms with E-state index in [4.69, 9.17) is 11.6 Å². The Morgan fingerprint density at radius 3 is 2.00 bits per heavy atom. The molecule has 1 fully saturated rings. The predicted molar refractivity (Wildman–Crippen MR) is 111 cm³/mol. The van der Waals surface area contributed by atoms with Crippen molar-refractivity contribution in [3.8, 4) is 11.3 Å². The Bertz CT molecular complexity index is 1240. The van der Waals surface area contributed by atoms with Gasteiger partial charge in [-0.2, -0.15) is 0 Å². The first kappa shape index (κ1) is 22.9. The van der Waals surface area contributed by atoms with Crippen LogP contribution in [0, 0.1) is 29.1 Å². The van der Waals surface area contributed by atoms with Crippen LogP contribution in [0.25, 0.3) is 11.3 Å². The number of benzene rings is 2. The summed E-state index contributed by atoms with van der Waals surface area (Å²) < 4.78 is 93.8. The molecular formula is C20H14ClF5N2O2S2. The molecule has 0 aliphatic carbocycles. The van der Waals surface area contributed by atoms with Gasteiger partial charge < -0.3 is 4.90 Å². The van der Waals surface area contributed by atoms with Gasteiger partial charge in [-0.25, -0.2) is 35.4 Å². The largest absolute Gasteiger partial charge is 0.348 e. The first-order valence-electron chi connectivity index (χ1n) is 9.33. The summed E-state index contributed by atoms with van der Waals surface area (Å²) in [6, 6.07) is 7.07. The van der Waals surface area contributed by atoms with Crippen molar-refractivity contribution >= 4 is 37.9 Å². The molecule has 0 amide bonds. The van der Waals surface area contributed by atoms with Crippen molar-refractivity contribution in [3.63, 3.8) is 0 Å². The average Bonchev–Trinajstić information content (AvgIpc) is 3.27. The van der Waals surface area contributed by atoms with E-state index in [1.165, 1.54) is 11.3 Å². The maximum atomic E-state index is 14.1. The van der Waals surface area contributed by atoms with Crippen LogP contribution in [0.15, 0.2) is 34.5 Å². The van der Waals surface area contributed by atoms with Crippen LogP contribution in [-0.4, -0.2) is 31.7 Å². The van der Waals surface area contributed by atoms with E-state index < -0.39 is 49.1 Å². The number of aromatic nitrogens is 1. The quantitative estimate of drug-likeness (QED) is 0.199. The molecule has 32 heavy (non-hydrogen) atoms. The van der Waals surface area contributed by atoms with Crippen LogP contribution in [0.4, 0.5) is 27.1 Å². The van der Waals surface area contributed by atoms with E-state index in [0.29, 0.717) is 15.8 Å². The third kappa shape index (κ3) is 3.97. The molecule has 0 spiro atoms. The standard InChI is InChI=1S/C20H14ClF5N2O2S2/c21-11-3-1-10(2-4-11)13-9-31-20(27-13)28-7-5-12(6-8-28)32(29,30)19-17(25)15(23)14(22)16(24)18(19)26/h1-4,9,12H,5-8H2. The van der Waals surface area contributed by atoms with Gasteiger partial charge in [0.15, 0.2) is 38.2 Å². The van der Waals surface area contributed by atoms with Crippen LogP contribution in [0.1, 0.15) is 12.8 Å². The van der Waals surface area contributed by atoms with Gasteiger partial charge in [0.1, 0.15) is 4.90 Å². The SMILES string of the molecule is O=S(=O)(c1c(F)c(F)c(F)c(F)c1F)C1CCN(c2nc(-c3ccc(Cl)cc3)cs2)CC1. The molecule has 0 unspecified atom stereocenters. The maximum Gasteiger partial charge on any atom is 0.200 e. The third-order valence-corrected chi connectivity index (χ3v) is 8.67. The highest BCUT2D eigenvalue weighted by Gasteiger charge is 2.39. The Morgan fingerprint density at radius 2 is 1.44 bits per heavy atom. The molecule has 3 aromatic rings.